The van der Waals surface area contributed by atoms with Gasteiger partial charge in [0.2, 0.25) is 17.5 Å². The van der Waals surface area contributed by atoms with Crippen LogP contribution < -0.4 is 5.32 Å². The highest BCUT2D eigenvalue weighted by atomic mass is 35.5. The second kappa shape index (κ2) is 8.76. The van der Waals surface area contributed by atoms with Crippen molar-refractivity contribution in [3.05, 3.63) is 58.1 Å². The van der Waals surface area contributed by atoms with Crippen LogP contribution in [0.5, 0.6) is 0 Å². The fourth-order valence-electron chi connectivity index (χ4n) is 3.28. The maximum absolute atomic E-state index is 9.45. The highest BCUT2D eigenvalue weighted by Gasteiger charge is 2.25. The van der Waals surface area contributed by atoms with Crippen LogP contribution >= 0.6 is 22.9 Å². The quantitative estimate of drug-likeness (QED) is 0.643. The van der Waals surface area contributed by atoms with Crippen LogP contribution in [0.25, 0.3) is 10.8 Å². The summed E-state index contributed by atoms with van der Waals surface area (Å²) in [6, 6.07) is 13.8. The molecule has 8 heteroatoms. The molecule has 3 aromatic rings. The molecule has 1 fully saturated rings. The Hall–Kier alpha value is -2.37. The standard InChI is InChI=1S/C20H19ClN4O2S/c21-15-5-2-1-4-14(15)17(25-7-9-26-10-8-25)13-23-19-16(12-22)24-20(27-19)18-6-3-11-28-18/h1-6,11,17,23H,7-10,13H2/t17-/m1/s1. The van der Waals surface area contributed by atoms with Crippen molar-refractivity contribution < 1.29 is 9.15 Å². The van der Waals surface area contributed by atoms with E-state index in [1.165, 1.54) is 11.3 Å². The molecule has 0 saturated carbocycles. The maximum Gasteiger partial charge on any atom is 0.240 e. The highest BCUT2D eigenvalue weighted by molar-refractivity contribution is 7.13. The molecule has 0 bridgehead atoms. The number of nitrogens with zero attached hydrogens (tertiary/aromatic N) is 3. The van der Waals surface area contributed by atoms with Gasteiger partial charge >= 0.3 is 0 Å². The minimum atomic E-state index is 0.0273. The van der Waals surface area contributed by atoms with Gasteiger partial charge in [-0.2, -0.15) is 10.2 Å². The first kappa shape index (κ1) is 19.0. The minimum absolute atomic E-state index is 0.0273. The van der Waals surface area contributed by atoms with Gasteiger partial charge in [0, 0.05) is 24.7 Å². The summed E-state index contributed by atoms with van der Waals surface area (Å²) in [6.45, 7) is 3.56. The Kier molecular flexibility index (Phi) is 5.93. The van der Waals surface area contributed by atoms with Gasteiger partial charge in [-0.1, -0.05) is 35.9 Å². The first-order valence-electron chi connectivity index (χ1n) is 9.01. The highest BCUT2D eigenvalue weighted by Crippen LogP contribution is 2.31. The fraction of sp³-hybridized carbons (Fsp3) is 0.300. The lowest BCUT2D eigenvalue weighted by Gasteiger charge is -2.35. The van der Waals surface area contributed by atoms with Crippen LogP contribution in [0, 0.1) is 11.3 Å². The van der Waals surface area contributed by atoms with Gasteiger partial charge in [0.05, 0.1) is 24.1 Å². The number of hydrogen-bond acceptors (Lipinski definition) is 7. The van der Waals surface area contributed by atoms with E-state index in [4.69, 9.17) is 20.8 Å². The van der Waals surface area contributed by atoms with Crippen LogP contribution in [0.2, 0.25) is 5.02 Å². The van der Waals surface area contributed by atoms with Gasteiger partial charge < -0.3 is 14.5 Å². The number of anilines is 1. The average molecular weight is 415 g/mol. The summed E-state index contributed by atoms with van der Waals surface area (Å²) in [5, 5.41) is 15.4. The smallest absolute Gasteiger partial charge is 0.240 e. The Morgan fingerprint density at radius 3 is 2.79 bits per heavy atom. The SMILES string of the molecule is N#Cc1nc(-c2cccs2)oc1NC[C@H](c1ccccc1Cl)N1CCOCC1. The third-order valence-electron chi connectivity index (χ3n) is 4.67. The van der Waals surface area contributed by atoms with Gasteiger partial charge in [0.25, 0.3) is 0 Å². The molecular formula is C20H19ClN4O2S. The van der Waals surface area contributed by atoms with Gasteiger partial charge in [-0.3, -0.25) is 4.90 Å². The van der Waals surface area contributed by atoms with E-state index >= 15 is 0 Å². The van der Waals surface area contributed by atoms with Gasteiger partial charge in [-0.15, -0.1) is 11.3 Å². The largest absolute Gasteiger partial charge is 0.418 e. The molecule has 1 saturated heterocycles. The van der Waals surface area contributed by atoms with Crippen molar-refractivity contribution >= 4 is 28.8 Å². The molecule has 0 spiro atoms. The molecule has 1 aromatic carbocycles. The monoisotopic (exact) mass is 414 g/mol. The molecule has 1 N–H and O–H groups in total. The second-order valence-electron chi connectivity index (χ2n) is 6.35. The Labute approximate surface area is 172 Å². The lowest BCUT2D eigenvalue weighted by atomic mass is 10.0. The molecule has 3 heterocycles. The topological polar surface area (TPSA) is 74.3 Å². The molecule has 0 aliphatic carbocycles. The zero-order valence-corrected chi connectivity index (χ0v) is 16.7. The molecule has 144 valence electrons. The summed E-state index contributed by atoms with van der Waals surface area (Å²) in [5.41, 5.74) is 1.29. The summed E-state index contributed by atoms with van der Waals surface area (Å²) >= 11 is 8.00. The molecule has 1 aliphatic heterocycles. The number of rotatable bonds is 6. The van der Waals surface area contributed by atoms with Crippen molar-refractivity contribution in [2.24, 2.45) is 0 Å². The Bertz CT molecular complexity index is 961. The average Bonchev–Trinajstić information content (AvgIpc) is 3.40. The van der Waals surface area contributed by atoms with E-state index in [1.807, 2.05) is 41.8 Å². The Morgan fingerprint density at radius 1 is 1.25 bits per heavy atom. The van der Waals surface area contributed by atoms with E-state index in [2.05, 4.69) is 21.3 Å². The summed E-state index contributed by atoms with van der Waals surface area (Å²) in [6.07, 6.45) is 0. The normalized spacial score (nSPS) is 15.9. The van der Waals surface area contributed by atoms with Crippen LogP contribution in [-0.4, -0.2) is 42.7 Å². The molecule has 0 amide bonds. The second-order valence-corrected chi connectivity index (χ2v) is 7.71. The summed E-state index contributed by atoms with van der Waals surface area (Å²) in [4.78, 5) is 7.54. The van der Waals surface area contributed by atoms with Gasteiger partial charge in [0.15, 0.2) is 0 Å². The van der Waals surface area contributed by atoms with Crippen LogP contribution in [0.1, 0.15) is 17.3 Å². The van der Waals surface area contributed by atoms with Crippen LogP contribution in [0.4, 0.5) is 5.88 Å². The van der Waals surface area contributed by atoms with E-state index in [9.17, 15) is 5.26 Å². The fourth-order valence-corrected chi connectivity index (χ4v) is 4.19. The van der Waals surface area contributed by atoms with Crippen molar-refractivity contribution in [2.45, 2.75) is 6.04 Å². The third kappa shape index (κ3) is 4.05. The zero-order chi connectivity index (χ0) is 19.3. The number of ether oxygens (including phenoxy) is 1. The number of nitrogens with one attached hydrogen (secondary N) is 1. The lowest BCUT2D eigenvalue weighted by molar-refractivity contribution is 0.0186. The minimum Gasteiger partial charge on any atom is -0.418 e. The van der Waals surface area contributed by atoms with E-state index < -0.39 is 0 Å². The molecule has 0 unspecified atom stereocenters. The number of hydrogen-bond donors (Lipinski definition) is 1. The number of morpholine rings is 1. The number of aromatic nitrogens is 1. The van der Waals surface area contributed by atoms with Crippen LogP contribution in [0.15, 0.2) is 46.2 Å². The molecule has 1 atom stereocenters. The number of oxazole rings is 1. The number of benzene rings is 1. The van der Waals surface area contributed by atoms with E-state index in [0.717, 1.165) is 28.6 Å². The van der Waals surface area contributed by atoms with Gasteiger partial charge in [0.1, 0.15) is 6.07 Å². The Balaban J connectivity index is 1.58. The molecule has 0 radical (unpaired) electrons. The molecule has 6 nitrogen and oxygen atoms in total. The molecular weight excluding hydrogens is 396 g/mol. The van der Waals surface area contributed by atoms with Crippen LogP contribution in [0.3, 0.4) is 0 Å². The number of halogens is 1. The molecule has 2 aromatic heterocycles. The van der Waals surface area contributed by atoms with E-state index in [0.29, 0.717) is 31.5 Å². The van der Waals surface area contributed by atoms with Crippen LogP contribution in [-0.2, 0) is 4.74 Å². The number of thiophene rings is 1. The van der Waals surface area contributed by atoms with Crippen molar-refractivity contribution in [3.63, 3.8) is 0 Å². The predicted molar refractivity (Wildman–Crippen MR) is 110 cm³/mol. The van der Waals surface area contributed by atoms with E-state index in [-0.39, 0.29) is 11.7 Å². The third-order valence-corrected chi connectivity index (χ3v) is 5.87. The molecule has 1 aliphatic rings. The zero-order valence-electron chi connectivity index (χ0n) is 15.1. The van der Waals surface area contributed by atoms with Gasteiger partial charge in [-0.05, 0) is 23.1 Å². The summed E-state index contributed by atoms with van der Waals surface area (Å²) < 4.78 is 11.3. The van der Waals surface area contributed by atoms with E-state index in [1.54, 1.807) is 0 Å². The number of nitriles is 1. The summed E-state index contributed by atoms with van der Waals surface area (Å²) in [7, 11) is 0. The first-order valence-corrected chi connectivity index (χ1v) is 10.3. The predicted octanol–water partition coefficient (Wildman–Crippen LogP) is 4.41. The molecule has 4 rings (SSSR count). The Morgan fingerprint density at radius 2 is 2.07 bits per heavy atom. The van der Waals surface area contributed by atoms with Crippen molar-refractivity contribution in [1.29, 1.82) is 5.26 Å². The summed E-state index contributed by atoms with van der Waals surface area (Å²) in [5.74, 6) is 0.839. The lowest BCUT2D eigenvalue weighted by Crippen LogP contribution is -2.41. The van der Waals surface area contributed by atoms with Crippen molar-refractivity contribution in [2.75, 3.05) is 38.2 Å². The molecule has 28 heavy (non-hydrogen) atoms. The van der Waals surface area contributed by atoms with Gasteiger partial charge in [-0.25, -0.2) is 0 Å². The first-order chi connectivity index (χ1) is 13.8. The van der Waals surface area contributed by atoms with Crippen molar-refractivity contribution in [3.8, 4) is 16.8 Å². The maximum atomic E-state index is 9.45. The van der Waals surface area contributed by atoms with Crippen molar-refractivity contribution in [1.82, 2.24) is 9.88 Å².